The Morgan fingerprint density at radius 3 is 2.48 bits per heavy atom. The molecule has 0 aliphatic carbocycles. The van der Waals surface area contributed by atoms with Crippen LogP contribution in [0.1, 0.15) is 32.6 Å². The van der Waals surface area contributed by atoms with Gasteiger partial charge in [-0.3, -0.25) is 4.79 Å². The van der Waals surface area contributed by atoms with E-state index >= 15 is 0 Å². The predicted molar refractivity (Wildman–Crippen MR) is 125 cm³/mol. The molecule has 0 heterocycles. The van der Waals surface area contributed by atoms with E-state index in [2.05, 4.69) is 10.5 Å². The van der Waals surface area contributed by atoms with E-state index in [9.17, 15) is 4.79 Å². The molecule has 0 bridgehead atoms. The number of halogens is 2. The molecule has 5 nitrogen and oxygen atoms in total. The molecule has 7 heteroatoms. The minimum absolute atomic E-state index is 0.316. The Balaban J connectivity index is 1.66. The summed E-state index contributed by atoms with van der Waals surface area (Å²) in [5, 5.41) is 5.22. The number of methoxy groups -OCH3 is 1. The highest BCUT2D eigenvalue weighted by atomic mass is 35.5. The van der Waals surface area contributed by atoms with Gasteiger partial charge in [0.2, 0.25) is 0 Å². The number of carbonyl (C=O) groups is 1. The summed E-state index contributed by atoms with van der Waals surface area (Å²) in [5.41, 5.74) is 6.60. The molecule has 1 amide bonds. The molecule has 1 N–H and O–H groups in total. The summed E-state index contributed by atoms with van der Waals surface area (Å²) in [4.78, 5) is 12.2. The number of hydrogen-bond donors (Lipinski definition) is 1. The Morgan fingerprint density at radius 2 is 1.81 bits per heavy atom. The van der Waals surface area contributed by atoms with Gasteiger partial charge >= 0.3 is 0 Å². The fourth-order valence-corrected chi connectivity index (χ4v) is 3.53. The van der Waals surface area contributed by atoms with Crippen LogP contribution in [0.5, 0.6) is 11.5 Å². The summed E-state index contributed by atoms with van der Waals surface area (Å²) < 4.78 is 11.1. The molecule has 0 aliphatic rings. The lowest BCUT2D eigenvalue weighted by Crippen LogP contribution is -2.17. The standard InChI is InChI=1S/C24H22Cl2N2O3/c1-15-9-17(13-27-28-24(29)18-5-4-6-21(11-18)30-3)10-16(2)23(15)31-14-19-7-8-20(25)12-22(19)26/h4-13H,14H2,1-3H3,(H,28,29)/b27-13-. The highest BCUT2D eigenvalue weighted by molar-refractivity contribution is 6.35. The summed E-state index contributed by atoms with van der Waals surface area (Å²) in [6, 6.07) is 16.1. The first kappa shape index (κ1) is 22.7. The van der Waals surface area contributed by atoms with E-state index < -0.39 is 0 Å². The van der Waals surface area contributed by atoms with Gasteiger partial charge < -0.3 is 9.47 Å². The van der Waals surface area contributed by atoms with E-state index in [1.54, 1.807) is 49.7 Å². The number of hydrogen-bond acceptors (Lipinski definition) is 4. The van der Waals surface area contributed by atoms with E-state index in [4.69, 9.17) is 32.7 Å². The molecule has 0 unspecified atom stereocenters. The molecule has 0 saturated carbocycles. The van der Waals surface area contributed by atoms with Crippen molar-refractivity contribution in [3.63, 3.8) is 0 Å². The number of amides is 1. The van der Waals surface area contributed by atoms with Gasteiger partial charge in [-0.2, -0.15) is 5.10 Å². The highest BCUT2D eigenvalue weighted by Crippen LogP contribution is 2.27. The van der Waals surface area contributed by atoms with E-state index in [-0.39, 0.29) is 5.91 Å². The van der Waals surface area contributed by atoms with Crippen molar-refractivity contribution in [3.05, 3.63) is 92.5 Å². The second-order valence-electron chi connectivity index (χ2n) is 6.94. The van der Waals surface area contributed by atoms with Crippen molar-refractivity contribution in [2.75, 3.05) is 7.11 Å². The van der Waals surface area contributed by atoms with Gasteiger partial charge in [0, 0.05) is 21.2 Å². The van der Waals surface area contributed by atoms with E-state index in [1.165, 1.54) is 0 Å². The zero-order valence-electron chi connectivity index (χ0n) is 17.4. The zero-order valence-corrected chi connectivity index (χ0v) is 18.9. The predicted octanol–water partition coefficient (Wildman–Crippen LogP) is 5.96. The molecule has 3 aromatic carbocycles. The molecule has 0 fully saturated rings. The number of ether oxygens (including phenoxy) is 2. The number of aryl methyl sites for hydroxylation is 2. The molecule has 0 atom stereocenters. The van der Waals surface area contributed by atoms with Gasteiger partial charge in [-0.15, -0.1) is 0 Å². The molecule has 3 rings (SSSR count). The van der Waals surface area contributed by atoms with Crippen LogP contribution in [-0.2, 0) is 6.61 Å². The number of hydrazone groups is 1. The Hall–Kier alpha value is -3.02. The largest absolute Gasteiger partial charge is 0.497 e. The van der Waals surface area contributed by atoms with Crippen LogP contribution >= 0.6 is 23.2 Å². The average molecular weight is 457 g/mol. The van der Waals surface area contributed by atoms with Crippen molar-refractivity contribution >= 4 is 35.3 Å². The second-order valence-corrected chi connectivity index (χ2v) is 7.78. The molecule has 0 spiro atoms. The molecule has 31 heavy (non-hydrogen) atoms. The smallest absolute Gasteiger partial charge is 0.271 e. The Kier molecular flexibility index (Phi) is 7.55. The van der Waals surface area contributed by atoms with Crippen molar-refractivity contribution < 1.29 is 14.3 Å². The van der Waals surface area contributed by atoms with Crippen LogP contribution in [-0.4, -0.2) is 19.2 Å². The summed E-state index contributed by atoms with van der Waals surface area (Å²) >= 11 is 12.2. The highest BCUT2D eigenvalue weighted by Gasteiger charge is 2.09. The maximum atomic E-state index is 12.2. The maximum absolute atomic E-state index is 12.2. The number of carbonyl (C=O) groups excluding carboxylic acids is 1. The van der Waals surface area contributed by atoms with Crippen LogP contribution in [0, 0.1) is 13.8 Å². The van der Waals surface area contributed by atoms with Gasteiger partial charge in [0.05, 0.1) is 13.3 Å². The van der Waals surface area contributed by atoms with Crippen LogP contribution in [0.4, 0.5) is 0 Å². The van der Waals surface area contributed by atoms with Crippen LogP contribution in [0.15, 0.2) is 59.7 Å². The molecular formula is C24H22Cl2N2O3. The van der Waals surface area contributed by atoms with Gasteiger partial charge in [-0.25, -0.2) is 5.43 Å². The summed E-state index contributed by atoms with van der Waals surface area (Å²) in [6.07, 6.45) is 1.60. The quantitative estimate of drug-likeness (QED) is 0.352. The third-order valence-electron chi connectivity index (χ3n) is 4.58. The van der Waals surface area contributed by atoms with E-state index in [0.29, 0.717) is 28.0 Å². The first-order valence-corrected chi connectivity index (χ1v) is 10.3. The Bertz CT molecular complexity index is 1110. The van der Waals surface area contributed by atoms with Gasteiger partial charge in [0.25, 0.3) is 5.91 Å². The summed E-state index contributed by atoms with van der Waals surface area (Å²) in [5.74, 6) is 1.07. The Morgan fingerprint density at radius 1 is 1.06 bits per heavy atom. The lowest BCUT2D eigenvalue weighted by Gasteiger charge is -2.14. The van der Waals surface area contributed by atoms with Crippen LogP contribution < -0.4 is 14.9 Å². The van der Waals surface area contributed by atoms with Crippen LogP contribution in [0.2, 0.25) is 10.0 Å². The molecule has 0 aliphatic heterocycles. The van der Waals surface area contributed by atoms with Crippen molar-refractivity contribution in [2.24, 2.45) is 5.10 Å². The molecule has 0 radical (unpaired) electrons. The third kappa shape index (κ3) is 6.00. The van der Waals surface area contributed by atoms with Crippen molar-refractivity contribution in [1.82, 2.24) is 5.43 Å². The van der Waals surface area contributed by atoms with Crippen molar-refractivity contribution in [3.8, 4) is 11.5 Å². The number of benzene rings is 3. The van der Waals surface area contributed by atoms with Crippen molar-refractivity contribution in [2.45, 2.75) is 20.5 Å². The maximum Gasteiger partial charge on any atom is 0.271 e. The zero-order chi connectivity index (χ0) is 22.4. The SMILES string of the molecule is COc1cccc(C(=O)N/N=C\c2cc(C)c(OCc3ccc(Cl)cc3Cl)c(C)c2)c1. The first-order valence-electron chi connectivity index (χ1n) is 9.53. The van der Waals surface area contributed by atoms with Gasteiger partial charge in [0.15, 0.2) is 0 Å². The Labute approximate surface area is 191 Å². The third-order valence-corrected chi connectivity index (χ3v) is 5.17. The number of nitrogens with zero attached hydrogens (tertiary/aromatic N) is 1. The second kappa shape index (κ2) is 10.3. The molecule has 3 aromatic rings. The van der Waals surface area contributed by atoms with E-state index in [1.807, 2.05) is 32.0 Å². The molecule has 0 aromatic heterocycles. The van der Waals surface area contributed by atoms with Gasteiger partial charge in [0.1, 0.15) is 18.1 Å². The first-order chi connectivity index (χ1) is 14.9. The van der Waals surface area contributed by atoms with Crippen LogP contribution in [0.25, 0.3) is 0 Å². The van der Waals surface area contributed by atoms with Crippen LogP contribution in [0.3, 0.4) is 0 Å². The average Bonchev–Trinajstić information content (AvgIpc) is 2.74. The normalized spacial score (nSPS) is 10.9. The van der Waals surface area contributed by atoms with Crippen molar-refractivity contribution in [1.29, 1.82) is 0 Å². The fourth-order valence-electron chi connectivity index (χ4n) is 3.07. The summed E-state index contributed by atoms with van der Waals surface area (Å²) in [6.45, 7) is 4.25. The summed E-state index contributed by atoms with van der Waals surface area (Å²) in [7, 11) is 1.55. The molecule has 160 valence electrons. The molecule has 0 saturated heterocycles. The number of rotatable bonds is 7. The van der Waals surface area contributed by atoms with Gasteiger partial charge in [-0.1, -0.05) is 35.3 Å². The number of nitrogens with one attached hydrogen (secondary N) is 1. The topological polar surface area (TPSA) is 59.9 Å². The monoisotopic (exact) mass is 456 g/mol. The van der Waals surface area contributed by atoms with E-state index in [0.717, 1.165) is 28.0 Å². The minimum atomic E-state index is -0.316. The fraction of sp³-hybridized carbons (Fsp3) is 0.167. The lowest BCUT2D eigenvalue weighted by atomic mass is 10.1. The van der Waals surface area contributed by atoms with Gasteiger partial charge in [-0.05, 0) is 73.0 Å². The molecular weight excluding hydrogens is 435 g/mol. The lowest BCUT2D eigenvalue weighted by molar-refractivity contribution is 0.0955. The minimum Gasteiger partial charge on any atom is -0.497 e.